The number of carbonyl (C=O) groups excluding carboxylic acids is 1. The van der Waals surface area contributed by atoms with Gasteiger partial charge < -0.3 is 19.5 Å². The molecule has 6 heteroatoms. The van der Waals surface area contributed by atoms with Gasteiger partial charge in [0.25, 0.3) is 0 Å². The molecule has 5 nitrogen and oxygen atoms in total. The van der Waals surface area contributed by atoms with E-state index in [1.54, 1.807) is 36.4 Å². The Labute approximate surface area is 150 Å². The van der Waals surface area contributed by atoms with Gasteiger partial charge in [0.05, 0.1) is 11.4 Å². The molecule has 1 N–H and O–H groups in total. The molecule has 0 atom stereocenters. The zero-order valence-electron chi connectivity index (χ0n) is 13.4. The molecule has 1 amide bonds. The van der Waals surface area contributed by atoms with Crippen molar-refractivity contribution in [1.82, 2.24) is 0 Å². The molecule has 128 valence electrons. The Morgan fingerprint density at radius 3 is 2.96 bits per heavy atom. The first kappa shape index (κ1) is 17.0. The van der Waals surface area contributed by atoms with E-state index in [1.807, 2.05) is 0 Å². The van der Waals surface area contributed by atoms with Gasteiger partial charge in [-0.15, -0.1) is 6.42 Å². The van der Waals surface area contributed by atoms with Crippen molar-refractivity contribution in [2.24, 2.45) is 0 Å². The van der Waals surface area contributed by atoms with Gasteiger partial charge in [-0.1, -0.05) is 23.6 Å². The second kappa shape index (κ2) is 7.82. The van der Waals surface area contributed by atoms with Crippen LogP contribution in [0.3, 0.4) is 0 Å². The highest BCUT2D eigenvalue weighted by Gasteiger charge is 2.17. The van der Waals surface area contributed by atoms with E-state index in [0.29, 0.717) is 41.2 Å². The summed E-state index contributed by atoms with van der Waals surface area (Å²) < 4.78 is 16.3. The first-order chi connectivity index (χ1) is 12.2. The predicted molar refractivity (Wildman–Crippen MR) is 95.5 cm³/mol. The second-order valence-corrected chi connectivity index (χ2v) is 5.75. The van der Waals surface area contributed by atoms with E-state index < -0.39 is 0 Å². The fourth-order valence-corrected chi connectivity index (χ4v) is 2.73. The van der Waals surface area contributed by atoms with Gasteiger partial charge in [0.2, 0.25) is 5.91 Å². The highest BCUT2D eigenvalue weighted by molar-refractivity contribution is 6.32. The Morgan fingerprint density at radius 1 is 1.28 bits per heavy atom. The Morgan fingerprint density at radius 2 is 2.12 bits per heavy atom. The molecule has 0 radical (unpaired) electrons. The van der Waals surface area contributed by atoms with Crippen LogP contribution < -0.4 is 19.5 Å². The lowest BCUT2D eigenvalue weighted by Gasteiger charge is -2.20. The molecule has 0 spiro atoms. The number of fused-ring (bicyclic) bond motifs is 1. The van der Waals surface area contributed by atoms with E-state index in [9.17, 15) is 4.79 Å². The molecule has 2 aromatic carbocycles. The highest BCUT2D eigenvalue weighted by atomic mass is 35.5. The number of hydrogen-bond acceptors (Lipinski definition) is 4. The van der Waals surface area contributed by atoms with Crippen molar-refractivity contribution >= 4 is 23.2 Å². The molecular weight excluding hydrogens is 342 g/mol. The zero-order chi connectivity index (χ0) is 17.6. The Bertz CT molecular complexity index is 829. The van der Waals surface area contributed by atoms with Crippen molar-refractivity contribution in [3.05, 3.63) is 47.0 Å². The summed E-state index contributed by atoms with van der Waals surface area (Å²) in [7, 11) is 0. The maximum Gasteiger partial charge on any atom is 0.228 e. The average molecular weight is 358 g/mol. The molecule has 1 aliphatic heterocycles. The van der Waals surface area contributed by atoms with Crippen LogP contribution in [0.2, 0.25) is 5.02 Å². The number of carbonyl (C=O) groups is 1. The number of ether oxygens (including phenoxy) is 3. The lowest BCUT2D eigenvalue weighted by molar-refractivity contribution is -0.115. The third kappa shape index (κ3) is 4.37. The van der Waals surface area contributed by atoms with Crippen LogP contribution >= 0.6 is 11.6 Å². The van der Waals surface area contributed by atoms with Crippen LogP contribution in [0.1, 0.15) is 5.56 Å². The maximum atomic E-state index is 12.3. The number of nitrogens with one attached hydrogen (secondary N) is 1. The van der Waals surface area contributed by atoms with Crippen LogP contribution in [0.25, 0.3) is 0 Å². The Hall–Kier alpha value is -2.84. The molecule has 25 heavy (non-hydrogen) atoms. The van der Waals surface area contributed by atoms with Crippen LogP contribution in [-0.2, 0) is 11.2 Å². The molecule has 0 aliphatic carbocycles. The van der Waals surface area contributed by atoms with Crippen LogP contribution in [0.4, 0.5) is 5.69 Å². The lowest BCUT2D eigenvalue weighted by Crippen LogP contribution is -2.17. The van der Waals surface area contributed by atoms with Crippen molar-refractivity contribution in [2.45, 2.75) is 6.42 Å². The van der Waals surface area contributed by atoms with Gasteiger partial charge in [-0.05, 0) is 29.8 Å². The molecule has 1 aliphatic rings. The summed E-state index contributed by atoms with van der Waals surface area (Å²) >= 11 is 6.19. The number of hydrogen-bond donors (Lipinski definition) is 1. The van der Waals surface area contributed by atoms with Gasteiger partial charge in [-0.25, -0.2) is 0 Å². The van der Waals surface area contributed by atoms with Crippen LogP contribution in [0.5, 0.6) is 17.2 Å². The summed E-state index contributed by atoms with van der Waals surface area (Å²) in [6.07, 6.45) is 5.33. The first-order valence-electron chi connectivity index (χ1n) is 7.70. The molecule has 0 unspecified atom stereocenters. The van der Waals surface area contributed by atoms with Crippen molar-refractivity contribution in [3.8, 4) is 29.6 Å². The molecule has 2 aromatic rings. The van der Waals surface area contributed by atoms with E-state index in [4.69, 9.17) is 32.2 Å². The SMILES string of the molecule is C#CCOc1cccc(NC(=O)Cc2cc(Cl)c3c(c2)OCCO3)c1. The fraction of sp³-hybridized carbons (Fsp3) is 0.211. The second-order valence-electron chi connectivity index (χ2n) is 5.35. The van der Waals surface area contributed by atoms with Gasteiger partial charge in [-0.3, -0.25) is 4.79 Å². The number of rotatable bonds is 5. The minimum absolute atomic E-state index is 0.159. The van der Waals surface area contributed by atoms with E-state index >= 15 is 0 Å². The molecule has 3 rings (SSSR count). The molecule has 1 heterocycles. The lowest BCUT2D eigenvalue weighted by atomic mass is 10.1. The van der Waals surface area contributed by atoms with Crippen molar-refractivity contribution < 1.29 is 19.0 Å². The zero-order valence-corrected chi connectivity index (χ0v) is 14.1. The standard InChI is InChI=1S/C19H16ClNO4/c1-2-6-23-15-5-3-4-14(12-15)21-18(22)11-13-9-16(20)19-17(10-13)24-7-8-25-19/h1,3-5,9-10,12H,6-8,11H2,(H,21,22). The molecule has 0 bridgehead atoms. The van der Waals surface area contributed by atoms with E-state index in [1.165, 1.54) is 0 Å². The summed E-state index contributed by atoms with van der Waals surface area (Å²) in [6, 6.07) is 10.5. The van der Waals surface area contributed by atoms with Crippen LogP contribution in [-0.4, -0.2) is 25.7 Å². The van der Waals surface area contributed by atoms with Gasteiger partial charge in [-0.2, -0.15) is 0 Å². The largest absolute Gasteiger partial charge is 0.486 e. The molecule has 0 saturated heterocycles. The average Bonchev–Trinajstić information content (AvgIpc) is 2.60. The smallest absolute Gasteiger partial charge is 0.228 e. The number of benzene rings is 2. The maximum absolute atomic E-state index is 12.3. The fourth-order valence-electron chi connectivity index (χ4n) is 2.45. The van der Waals surface area contributed by atoms with Crippen molar-refractivity contribution in [3.63, 3.8) is 0 Å². The quantitative estimate of drug-likeness (QED) is 0.834. The normalized spacial score (nSPS) is 12.2. The number of amides is 1. The van der Waals surface area contributed by atoms with Crippen LogP contribution in [0, 0.1) is 12.3 Å². The third-order valence-electron chi connectivity index (χ3n) is 3.46. The van der Waals surface area contributed by atoms with Crippen molar-refractivity contribution in [1.29, 1.82) is 0 Å². The van der Waals surface area contributed by atoms with Crippen LogP contribution in [0.15, 0.2) is 36.4 Å². The molecular formula is C19H16ClNO4. The topological polar surface area (TPSA) is 56.8 Å². The third-order valence-corrected chi connectivity index (χ3v) is 3.74. The monoisotopic (exact) mass is 357 g/mol. The minimum atomic E-state index is -0.179. The summed E-state index contributed by atoms with van der Waals surface area (Å²) in [6.45, 7) is 1.10. The Balaban J connectivity index is 1.67. The summed E-state index contributed by atoms with van der Waals surface area (Å²) in [5, 5.41) is 3.26. The molecule has 0 fully saturated rings. The summed E-state index contributed by atoms with van der Waals surface area (Å²) in [5.41, 5.74) is 1.37. The Kier molecular flexibility index (Phi) is 5.32. The highest BCUT2D eigenvalue weighted by Crippen LogP contribution is 2.38. The van der Waals surface area contributed by atoms with Gasteiger partial charge in [0.1, 0.15) is 25.6 Å². The summed E-state index contributed by atoms with van der Waals surface area (Å²) in [4.78, 5) is 12.3. The van der Waals surface area contributed by atoms with E-state index in [0.717, 1.165) is 5.56 Å². The van der Waals surface area contributed by atoms with Gasteiger partial charge in [0, 0.05) is 11.8 Å². The van der Waals surface area contributed by atoms with Crippen molar-refractivity contribution in [2.75, 3.05) is 25.1 Å². The predicted octanol–water partition coefficient (Wildman–Crippen LogP) is 3.30. The first-order valence-corrected chi connectivity index (χ1v) is 8.07. The summed E-state index contributed by atoms with van der Waals surface area (Å²) in [5.74, 6) is 3.90. The minimum Gasteiger partial charge on any atom is -0.486 e. The van der Waals surface area contributed by atoms with Gasteiger partial charge >= 0.3 is 0 Å². The number of terminal acetylenes is 1. The molecule has 0 aromatic heterocycles. The van der Waals surface area contributed by atoms with Gasteiger partial charge in [0.15, 0.2) is 11.5 Å². The number of anilines is 1. The van der Waals surface area contributed by atoms with E-state index in [-0.39, 0.29) is 18.9 Å². The number of halogens is 1. The molecule has 0 saturated carbocycles. The van der Waals surface area contributed by atoms with E-state index in [2.05, 4.69) is 11.2 Å².